The topological polar surface area (TPSA) is 104 Å². The van der Waals surface area contributed by atoms with Gasteiger partial charge in [0, 0.05) is 18.2 Å². The van der Waals surface area contributed by atoms with Gasteiger partial charge in [0.05, 0.1) is 23.1 Å². The lowest BCUT2D eigenvalue weighted by Crippen LogP contribution is -2.56. The van der Waals surface area contributed by atoms with Gasteiger partial charge in [0.15, 0.2) is 0 Å². The molecule has 0 atom stereocenters. The highest BCUT2D eigenvalue weighted by Gasteiger charge is 2.72. The van der Waals surface area contributed by atoms with Gasteiger partial charge in [-0.1, -0.05) is 17.7 Å². The number of halogens is 9. The van der Waals surface area contributed by atoms with Crippen LogP contribution in [-0.4, -0.2) is 53.5 Å². The lowest BCUT2D eigenvalue weighted by molar-refractivity contribution is -0.352. The molecule has 0 aliphatic carbocycles. The molecule has 0 aliphatic heterocycles. The minimum absolute atomic E-state index is 0.00267. The molecule has 0 spiro atoms. The third-order valence-corrected chi connectivity index (χ3v) is 6.32. The molecule has 3 N–H and O–H groups in total. The smallest absolute Gasteiger partial charge is 0.459 e. The second kappa shape index (κ2) is 10.8. The molecule has 0 unspecified atom stereocenters. The molecule has 0 bridgehead atoms. The summed E-state index contributed by atoms with van der Waals surface area (Å²) in [6.45, 7) is -2.41. The number of nitrogens with zero attached hydrogens (tertiary/aromatic N) is 1. The van der Waals surface area contributed by atoms with E-state index in [1.807, 2.05) is 0 Å². The van der Waals surface area contributed by atoms with Crippen molar-refractivity contribution >= 4 is 34.5 Å². The number of aromatic nitrogens is 1. The normalized spacial score (nSPS) is 12.4. The van der Waals surface area contributed by atoms with E-state index in [0.717, 1.165) is 24.3 Å². The fourth-order valence-corrected chi connectivity index (χ4v) is 4.09. The number of furan rings is 1. The fraction of sp³-hybridized carbons (Fsp3) is 0.192. The zero-order valence-corrected chi connectivity index (χ0v) is 21.6. The maximum absolute atomic E-state index is 13.7. The second-order valence-electron chi connectivity index (χ2n) is 8.76. The van der Waals surface area contributed by atoms with Crippen LogP contribution in [0.5, 0.6) is 5.75 Å². The minimum atomic E-state index is -6.59. The summed E-state index contributed by atoms with van der Waals surface area (Å²) in [5.41, 5.74) is -0.608. The van der Waals surface area contributed by atoms with Crippen LogP contribution in [-0.2, 0) is 0 Å². The quantitative estimate of drug-likeness (QED) is 0.160. The molecule has 4 rings (SSSR count). The molecule has 0 saturated carbocycles. The van der Waals surface area contributed by atoms with Gasteiger partial charge in [-0.3, -0.25) is 9.59 Å². The molecule has 42 heavy (non-hydrogen) atoms. The first kappa shape index (κ1) is 30.6. The first-order chi connectivity index (χ1) is 19.5. The molecule has 2 amide bonds. The van der Waals surface area contributed by atoms with Crippen molar-refractivity contribution in [2.45, 2.75) is 18.0 Å². The van der Waals surface area contributed by atoms with Gasteiger partial charge in [0.1, 0.15) is 22.5 Å². The van der Waals surface area contributed by atoms with Gasteiger partial charge in [-0.2, -0.15) is 30.7 Å². The molecule has 2 heterocycles. The molecule has 0 saturated heterocycles. The fourth-order valence-electron chi connectivity index (χ4n) is 3.85. The number of phenolic OH excluding ortho intramolecular Hbond substituents is 1. The van der Waals surface area contributed by atoms with Crippen LogP contribution in [0.2, 0.25) is 5.15 Å². The summed E-state index contributed by atoms with van der Waals surface area (Å²) in [6, 6.07) is 9.27. The van der Waals surface area contributed by atoms with E-state index in [2.05, 4.69) is 10.3 Å². The van der Waals surface area contributed by atoms with E-state index in [0.29, 0.717) is 5.56 Å². The van der Waals surface area contributed by atoms with Crippen LogP contribution in [0.1, 0.15) is 20.7 Å². The number of carbonyl (C=O) groups is 2. The monoisotopic (exact) mass is 621 g/mol. The molecular weight excluding hydrogens is 606 g/mol. The van der Waals surface area contributed by atoms with Crippen LogP contribution < -0.4 is 10.6 Å². The zero-order chi connectivity index (χ0) is 31.2. The number of pyridine rings is 1. The highest BCUT2D eigenvalue weighted by atomic mass is 35.5. The number of phenols is 1. The first-order valence-corrected chi connectivity index (χ1v) is 11.9. The summed E-state index contributed by atoms with van der Waals surface area (Å²) in [5, 5.41) is 13.6. The van der Waals surface area contributed by atoms with Crippen molar-refractivity contribution in [1.82, 2.24) is 15.6 Å². The van der Waals surface area contributed by atoms with Crippen LogP contribution in [0.4, 0.5) is 35.1 Å². The minimum Gasteiger partial charge on any atom is -0.507 e. The van der Waals surface area contributed by atoms with Gasteiger partial charge < -0.3 is 20.2 Å². The Hall–Kier alpha value is -4.40. The number of nitrogens with one attached hydrogen (secondary N) is 2. The number of fused-ring (bicyclic) bond motifs is 1. The summed E-state index contributed by atoms with van der Waals surface area (Å²) in [6.07, 6.45) is -6.59. The predicted octanol–water partition coefficient (Wildman–Crippen LogP) is 6.58. The molecule has 4 aromatic rings. The van der Waals surface area contributed by atoms with Crippen LogP contribution in [0.25, 0.3) is 33.6 Å². The second-order valence-corrected chi connectivity index (χ2v) is 9.12. The van der Waals surface area contributed by atoms with E-state index in [9.17, 15) is 49.8 Å². The van der Waals surface area contributed by atoms with Crippen molar-refractivity contribution in [3.63, 3.8) is 0 Å². The number of carbonyl (C=O) groups excluding carboxylic acids is 2. The summed E-state index contributed by atoms with van der Waals surface area (Å²) in [5.74, 6) is -15.8. The number of benzene rings is 2. The Kier molecular flexibility index (Phi) is 7.84. The zero-order valence-electron chi connectivity index (χ0n) is 20.8. The Morgan fingerprint density at radius 1 is 0.952 bits per heavy atom. The summed E-state index contributed by atoms with van der Waals surface area (Å²) >= 11 is 6.29. The van der Waals surface area contributed by atoms with Gasteiger partial charge in [0.25, 0.3) is 11.8 Å². The highest BCUT2D eigenvalue weighted by molar-refractivity contribution is 6.33. The van der Waals surface area contributed by atoms with Crippen molar-refractivity contribution in [1.29, 1.82) is 0 Å². The first-order valence-electron chi connectivity index (χ1n) is 11.5. The number of aromatic hydroxyl groups is 1. The van der Waals surface area contributed by atoms with Crippen LogP contribution in [0.15, 0.2) is 52.9 Å². The van der Waals surface area contributed by atoms with Crippen molar-refractivity contribution in [2.24, 2.45) is 0 Å². The molecule has 0 aliphatic rings. The average molecular weight is 622 g/mol. The Morgan fingerprint density at radius 2 is 1.57 bits per heavy atom. The average Bonchev–Trinajstić information content (AvgIpc) is 3.29. The number of alkyl halides is 7. The lowest BCUT2D eigenvalue weighted by Gasteiger charge is -2.28. The number of hydrogen-bond acceptors (Lipinski definition) is 5. The highest BCUT2D eigenvalue weighted by Crippen LogP contribution is 2.46. The van der Waals surface area contributed by atoms with E-state index in [-0.39, 0.29) is 38.7 Å². The molecule has 16 heteroatoms. The SMILES string of the molecule is CNC(=O)c1c(-c2ccc(F)cc2)oc2nc(Cl)c(-c3ccc(O)c(C(=O)NCC(F)(F)C(F)(F)C(F)(F)F)c3)cc12. The lowest BCUT2D eigenvalue weighted by atomic mass is 10.0. The molecule has 2 aromatic carbocycles. The Balaban J connectivity index is 1.74. The maximum atomic E-state index is 13.7. The Morgan fingerprint density at radius 3 is 2.17 bits per heavy atom. The molecule has 7 nitrogen and oxygen atoms in total. The third-order valence-electron chi connectivity index (χ3n) is 6.04. The molecule has 0 radical (unpaired) electrons. The van der Waals surface area contributed by atoms with Gasteiger partial charge in [-0.25, -0.2) is 9.37 Å². The molecule has 222 valence electrons. The van der Waals surface area contributed by atoms with E-state index in [4.69, 9.17) is 16.0 Å². The predicted molar refractivity (Wildman–Crippen MR) is 133 cm³/mol. The van der Waals surface area contributed by atoms with Crippen LogP contribution >= 0.6 is 11.6 Å². The molecule has 0 fully saturated rings. The van der Waals surface area contributed by atoms with E-state index in [1.165, 1.54) is 36.6 Å². The van der Waals surface area contributed by atoms with Gasteiger partial charge in [0.2, 0.25) is 5.71 Å². The maximum Gasteiger partial charge on any atom is 0.459 e. The molecular formula is C26H16ClF8N3O4. The van der Waals surface area contributed by atoms with Crippen LogP contribution in [0, 0.1) is 5.82 Å². The standard InChI is InChI=1S/C26H16ClF8N3O4/c1-36-22(41)18-16-9-14(20(27)38-23(16)42-19(18)11-2-5-13(28)6-3-11)12-4-7-17(39)15(8-12)21(40)37-10-24(29,30)25(31,32)26(33,34)35/h2-9,39H,10H2,1H3,(H,36,41)(H,37,40). The van der Waals surface area contributed by atoms with Gasteiger partial charge >= 0.3 is 18.0 Å². The van der Waals surface area contributed by atoms with Crippen molar-refractivity contribution in [3.05, 3.63) is 70.6 Å². The number of rotatable bonds is 7. The van der Waals surface area contributed by atoms with Crippen molar-refractivity contribution in [3.8, 4) is 28.2 Å². The van der Waals surface area contributed by atoms with Crippen LogP contribution in [0.3, 0.4) is 0 Å². The number of hydrogen-bond donors (Lipinski definition) is 3. The van der Waals surface area contributed by atoms with E-state index < -0.39 is 53.5 Å². The summed E-state index contributed by atoms with van der Waals surface area (Å²) in [7, 11) is 1.33. The van der Waals surface area contributed by atoms with Gasteiger partial charge in [-0.05, 0) is 48.0 Å². The largest absolute Gasteiger partial charge is 0.507 e. The van der Waals surface area contributed by atoms with E-state index in [1.54, 1.807) is 0 Å². The molecule has 2 aromatic heterocycles. The van der Waals surface area contributed by atoms with Crippen molar-refractivity contribution in [2.75, 3.05) is 13.6 Å². The van der Waals surface area contributed by atoms with Gasteiger partial charge in [-0.15, -0.1) is 0 Å². The Labute approximate surface area is 235 Å². The summed E-state index contributed by atoms with van der Waals surface area (Å²) < 4.78 is 110. The third kappa shape index (κ3) is 5.43. The number of amides is 2. The summed E-state index contributed by atoms with van der Waals surface area (Å²) in [4.78, 5) is 29.3. The Bertz CT molecular complexity index is 1690. The van der Waals surface area contributed by atoms with Crippen molar-refractivity contribution < 1.29 is 54.2 Å². The van der Waals surface area contributed by atoms with E-state index >= 15 is 0 Å².